The molecule has 0 spiro atoms. The highest BCUT2D eigenvalue weighted by Gasteiger charge is 2.32. The van der Waals surface area contributed by atoms with Crippen molar-refractivity contribution in [3.63, 3.8) is 0 Å². The Hall–Kier alpha value is -2.66. The highest BCUT2D eigenvalue weighted by molar-refractivity contribution is 7.88. The summed E-state index contributed by atoms with van der Waals surface area (Å²) in [6.45, 7) is -0.463. The van der Waals surface area contributed by atoms with E-state index in [1.54, 1.807) is 0 Å². The van der Waals surface area contributed by atoms with Gasteiger partial charge in [0, 0.05) is 23.7 Å². The molecule has 0 saturated carbocycles. The van der Waals surface area contributed by atoms with Gasteiger partial charge in [-0.25, -0.2) is 13.1 Å². The number of halogens is 3. The molecule has 0 aliphatic carbocycles. The zero-order valence-corrected chi connectivity index (χ0v) is 13.9. The van der Waals surface area contributed by atoms with Crippen molar-refractivity contribution < 1.29 is 31.2 Å². The molecule has 26 heavy (non-hydrogen) atoms. The molecular weight excluding hydrogens is 377 g/mol. The Labute approximate surface area is 146 Å². The van der Waals surface area contributed by atoms with Gasteiger partial charge in [0.15, 0.2) is 0 Å². The Morgan fingerprint density at radius 2 is 1.62 bits per heavy atom. The van der Waals surface area contributed by atoms with Crippen LogP contribution in [0, 0.1) is 10.1 Å². The van der Waals surface area contributed by atoms with Crippen molar-refractivity contribution in [1.29, 1.82) is 0 Å². The monoisotopic (exact) mass is 390 g/mol. The fourth-order valence-electron chi connectivity index (χ4n) is 2.13. The molecule has 0 unspecified atom stereocenters. The van der Waals surface area contributed by atoms with Gasteiger partial charge < -0.3 is 4.74 Å². The van der Waals surface area contributed by atoms with Gasteiger partial charge in [-0.15, -0.1) is 13.2 Å². The summed E-state index contributed by atoms with van der Waals surface area (Å²) in [6.07, 6.45) is -4.92. The maximum absolute atomic E-state index is 12.4. The van der Waals surface area contributed by atoms with Gasteiger partial charge in [0.1, 0.15) is 5.75 Å². The smallest absolute Gasteiger partial charge is 0.405 e. The molecule has 0 atom stereocenters. The van der Waals surface area contributed by atoms with E-state index < -0.39 is 39.4 Å². The molecule has 2 aromatic carbocycles. The number of hydrogen-bond acceptors (Lipinski definition) is 5. The van der Waals surface area contributed by atoms with Gasteiger partial charge in [-0.2, -0.15) is 0 Å². The van der Waals surface area contributed by atoms with E-state index >= 15 is 0 Å². The van der Waals surface area contributed by atoms with Crippen LogP contribution in [-0.2, 0) is 22.3 Å². The van der Waals surface area contributed by atoms with Crippen molar-refractivity contribution in [2.75, 3.05) is 0 Å². The molecule has 0 radical (unpaired) electrons. The van der Waals surface area contributed by atoms with Crippen molar-refractivity contribution in [2.24, 2.45) is 0 Å². The molecule has 0 aromatic heterocycles. The minimum Gasteiger partial charge on any atom is -0.405 e. The molecular formula is C15H13F3N2O5S. The third kappa shape index (κ3) is 5.70. The van der Waals surface area contributed by atoms with E-state index in [-0.39, 0.29) is 16.8 Å². The summed E-state index contributed by atoms with van der Waals surface area (Å²) in [5.74, 6) is -1.22. The zero-order chi connectivity index (χ0) is 19.4. The summed E-state index contributed by atoms with van der Waals surface area (Å²) in [5.41, 5.74) is -0.431. The lowest BCUT2D eigenvalue weighted by Crippen LogP contribution is -2.26. The Balaban J connectivity index is 2.14. The Morgan fingerprint density at radius 1 is 1.04 bits per heavy atom. The topological polar surface area (TPSA) is 98.5 Å². The molecule has 0 saturated heterocycles. The average molecular weight is 390 g/mol. The predicted octanol–water partition coefficient (Wildman–Crippen LogP) is 3.11. The molecule has 2 rings (SSSR count). The predicted molar refractivity (Wildman–Crippen MR) is 85.7 cm³/mol. The van der Waals surface area contributed by atoms with Crippen molar-refractivity contribution in [3.05, 3.63) is 69.8 Å². The van der Waals surface area contributed by atoms with Crippen LogP contribution in [0.1, 0.15) is 11.1 Å². The average Bonchev–Trinajstić information content (AvgIpc) is 2.52. The first-order chi connectivity index (χ1) is 12.1. The Kier molecular flexibility index (Phi) is 5.83. The van der Waals surface area contributed by atoms with Crippen LogP contribution in [0.5, 0.6) is 5.75 Å². The minimum absolute atomic E-state index is 0.0315. The van der Waals surface area contributed by atoms with Crippen molar-refractivity contribution in [3.8, 4) is 5.75 Å². The normalized spacial score (nSPS) is 12.0. The summed E-state index contributed by atoms with van der Waals surface area (Å²) < 4.78 is 67.4. The largest absolute Gasteiger partial charge is 0.573 e. The SMILES string of the molecule is O=[N+]([O-])c1ccccc1CS(=O)(=O)NCc1ccccc1OC(F)(F)F. The molecule has 0 aliphatic heterocycles. The highest BCUT2D eigenvalue weighted by atomic mass is 32.2. The molecule has 2 aromatic rings. The molecule has 0 fully saturated rings. The molecule has 11 heteroatoms. The lowest BCUT2D eigenvalue weighted by Gasteiger charge is -2.13. The first-order valence-corrected chi connectivity index (χ1v) is 8.76. The molecule has 0 amide bonds. The van der Waals surface area contributed by atoms with E-state index in [9.17, 15) is 31.7 Å². The molecule has 0 heterocycles. The lowest BCUT2D eigenvalue weighted by molar-refractivity contribution is -0.385. The molecule has 140 valence electrons. The van der Waals surface area contributed by atoms with E-state index in [1.807, 2.05) is 0 Å². The van der Waals surface area contributed by atoms with E-state index in [0.29, 0.717) is 0 Å². The number of ether oxygens (including phenoxy) is 1. The van der Waals surface area contributed by atoms with E-state index in [2.05, 4.69) is 9.46 Å². The van der Waals surface area contributed by atoms with Gasteiger partial charge in [0.25, 0.3) is 5.69 Å². The number of nitro benzene ring substituents is 1. The summed E-state index contributed by atoms with van der Waals surface area (Å²) in [5, 5.41) is 10.9. The Bertz CT molecular complexity index is 900. The maximum Gasteiger partial charge on any atom is 0.573 e. The number of rotatable bonds is 7. The second kappa shape index (κ2) is 7.70. The number of sulfonamides is 1. The van der Waals surface area contributed by atoms with Gasteiger partial charge >= 0.3 is 6.36 Å². The lowest BCUT2D eigenvalue weighted by atomic mass is 10.2. The van der Waals surface area contributed by atoms with Crippen LogP contribution in [0.2, 0.25) is 0 Å². The van der Waals surface area contributed by atoms with Crippen LogP contribution in [0.4, 0.5) is 18.9 Å². The summed E-state index contributed by atoms with van der Waals surface area (Å²) in [6, 6.07) is 10.4. The van der Waals surface area contributed by atoms with Crippen molar-refractivity contribution in [2.45, 2.75) is 18.7 Å². The van der Waals surface area contributed by atoms with E-state index in [4.69, 9.17) is 0 Å². The quantitative estimate of drug-likeness (QED) is 0.579. The summed E-state index contributed by atoms with van der Waals surface area (Å²) in [7, 11) is -4.04. The molecule has 1 N–H and O–H groups in total. The van der Waals surface area contributed by atoms with Crippen LogP contribution in [0.3, 0.4) is 0 Å². The zero-order valence-electron chi connectivity index (χ0n) is 13.1. The Morgan fingerprint density at radius 3 is 2.23 bits per heavy atom. The maximum atomic E-state index is 12.4. The highest BCUT2D eigenvalue weighted by Crippen LogP contribution is 2.26. The number of hydrogen-bond donors (Lipinski definition) is 1. The second-order valence-corrected chi connectivity index (χ2v) is 6.93. The van der Waals surface area contributed by atoms with Gasteiger partial charge in [-0.3, -0.25) is 10.1 Å². The van der Waals surface area contributed by atoms with Gasteiger partial charge in [0.2, 0.25) is 10.0 Å². The minimum atomic E-state index is -4.92. The van der Waals surface area contributed by atoms with Crippen LogP contribution < -0.4 is 9.46 Å². The van der Waals surface area contributed by atoms with Crippen LogP contribution in [0.15, 0.2) is 48.5 Å². The van der Waals surface area contributed by atoms with Gasteiger partial charge in [-0.1, -0.05) is 36.4 Å². The number of nitro groups is 1. The number of nitrogens with zero attached hydrogens (tertiary/aromatic N) is 1. The number of para-hydroxylation sites is 2. The summed E-state index contributed by atoms with van der Waals surface area (Å²) in [4.78, 5) is 10.2. The standard InChI is InChI=1S/C15H13F3N2O5S/c16-15(17,18)25-14-8-4-2-5-11(14)9-19-26(23,24)10-12-6-1-3-7-13(12)20(21)22/h1-8,19H,9-10H2. The van der Waals surface area contributed by atoms with E-state index in [1.165, 1.54) is 36.4 Å². The van der Waals surface area contributed by atoms with Crippen molar-refractivity contribution >= 4 is 15.7 Å². The number of alkyl halides is 3. The summed E-state index contributed by atoms with van der Waals surface area (Å²) >= 11 is 0. The number of nitrogens with one attached hydrogen (secondary N) is 1. The van der Waals surface area contributed by atoms with E-state index in [0.717, 1.165) is 12.1 Å². The van der Waals surface area contributed by atoms with Gasteiger partial charge in [0.05, 0.1) is 10.7 Å². The molecule has 0 aliphatic rings. The third-order valence-corrected chi connectivity index (χ3v) is 4.49. The first kappa shape index (κ1) is 19.7. The second-order valence-electron chi connectivity index (χ2n) is 5.12. The van der Waals surface area contributed by atoms with Crippen LogP contribution in [0.25, 0.3) is 0 Å². The fraction of sp³-hybridized carbons (Fsp3) is 0.200. The van der Waals surface area contributed by atoms with Crippen LogP contribution in [-0.4, -0.2) is 19.7 Å². The molecule has 0 bridgehead atoms. The third-order valence-electron chi connectivity index (χ3n) is 3.21. The van der Waals surface area contributed by atoms with Crippen molar-refractivity contribution in [1.82, 2.24) is 4.72 Å². The number of benzene rings is 2. The molecule has 7 nitrogen and oxygen atoms in total. The fourth-order valence-corrected chi connectivity index (χ4v) is 3.26. The first-order valence-electron chi connectivity index (χ1n) is 7.11. The van der Waals surface area contributed by atoms with Crippen LogP contribution >= 0.6 is 0 Å². The van der Waals surface area contributed by atoms with Gasteiger partial charge in [-0.05, 0) is 6.07 Å².